The monoisotopic (exact) mass is 264 g/mol. The van der Waals surface area contributed by atoms with Gasteiger partial charge in [0.2, 0.25) is 6.41 Å². The predicted molar refractivity (Wildman–Crippen MR) is 72.7 cm³/mol. The highest BCUT2D eigenvalue weighted by Crippen LogP contribution is 2.60. The van der Waals surface area contributed by atoms with Crippen LogP contribution in [0.15, 0.2) is 0 Å². The first-order valence-electron chi connectivity index (χ1n) is 7.62. The van der Waals surface area contributed by atoms with Crippen molar-refractivity contribution in [3.05, 3.63) is 0 Å². The van der Waals surface area contributed by atoms with E-state index in [1.54, 1.807) is 0 Å². The number of hydrogen-bond donors (Lipinski definition) is 0. The average molecular weight is 264 g/mol. The van der Waals surface area contributed by atoms with E-state index < -0.39 is 0 Å². The number of carbonyl (C=O) groups excluding carboxylic acids is 2. The van der Waals surface area contributed by atoms with Crippen LogP contribution < -0.4 is 0 Å². The minimum absolute atomic E-state index is 0.373. The molecule has 4 nitrogen and oxygen atoms in total. The fourth-order valence-corrected chi connectivity index (χ4v) is 4.24. The quantitative estimate of drug-likeness (QED) is 0.719. The van der Waals surface area contributed by atoms with Crippen LogP contribution in [0.4, 0.5) is 0 Å². The van der Waals surface area contributed by atoms with Crippen molar-refractivity contribution in [2.75, 3.05) is 26.2 Å². The zero-order valence-electron chi connectivity index (χ0n) is 11.8. The van der Waals surface area contributed by atoms with Gasteiger partial charge in [0, 0.05) is 44.6 Å². The van der Waals surface area contributed by atoms with E-state index in [0.29, 0.717) is 29.6 Å². The van der Waals surface area contributed by atoms with Gasteiger partial charge in [-0.3, -0.25) is 14.5 Å². The summed E-state index contributed by atoms with van der Waals surface area (Å²) in [6.45, 7) is 5.78. The summed E-state index contributed by atoms with van der Waals surface area (Å²) >= 11 is 0. The highest BCUT2D eigenvalue weighted by molar-refractivity contribution is 5.81. The van der Waals surface area contributed by atoms with Crippen molar-refractivity contribution in [2.24, 2.45) is 11.3 Å². The molecule has 0 radical (unpaired) electrons. The Morgan fingerprint density at radius 2 is 1.79 bits per heavy atom. The van der Waals surface area contributed by atoms with Gasteiger partial charge in [0.05, 0.1) is 0 Å². The molecule has 0 N–H and O–H groups in total. The van der Waals surface area contributed by atoms with Gasteiger partial charge in [-0.2, -0.15) is 0 Å². The Morgan fingerprint density at radius 1 is 1.16 bits per heavy atom. The van der Waals surface area contributed by atoms with Crippen molar-refractivity contribution in [3.8, 4) is 0 Å². The van der Waals surface area contributed by atoms with Gasteiger partial charge in [0.25, 0.3) is 0 Å². The number of hydrogen-bond acceptors (Lipinski definition) is 3. The van der Waals surface area contributed by atoms with Crippen LogP contribution >= 0.6 is 0 Å². The molecule has 1 heterocycles. The van der Waals surface area contributed by atoms with E-state index in [-0.39, 0.29) is 0 Å². The summed E-state index contributed by atoms with van der Waals surface area (Å²) < 4.78 is 0. The molecule has 1 amide bonds. The van der Waals surface area contributed by atoms with E-state index in [4.69, 9.17) is 0 Å². The van der Waals surface area contributed by atoms with Crippen molar-refractivity contribution in [2.45, 2.75) is 45.1 Å². The van der Waals surface area contributed by atoms with Crippen molar-refractivity contribution in [1.29, 1.82) is 0 Å². The molecule has 106 valence electrons. The lowest BCUT2D eigenvalue weighted by Gasteiger charge is -2.60. The topological polar surface area (TPSA) is 40.6 Å². The van der Waals surface area contributed by atoms with E-state index in [9.17, 15) is 9.59 Å². The van der Waals surface area contributed by atoms with Crippen molar-refractivity contribution < 1.29 is 9.59 Å². The number of carbonyl (C=O) groups is 2. The van der Waals surface area contributed by atoms with Gasteiger partial charge in [-0.25, -0.2) is 0 Å². The molecule has 2 aliphatic carbocycles. The summed E-state index contributed by atoms with van der Waals surface area (Å²) in [7, 11) is 0. The zero-order valence-corrected chi connectivity index (χ0v) is 11.8. The first-order valence-corrected chi connectivity index (χ1v) is 7.62. The maximum Gasteiger partial charge on any atom is 0.209 e. The molecular formula is C15H24N2O2. The second kappa shape index (κ2) is 4.89. The number of Topliss-reactive ketones (excluding diaryl/α,β-unsaturated/α-hetero) is 1. The van der Waals surface area contributed by atoms with E-state index in [0.717, 1.165) is 45.4 Å². The molecule has 1 saturated heterocycles. The lowest BCUT2D eigenvalue weighted by Crippen LogP contribution is -2.60. The third-order valence-corrected chi connectivity index (χ3v) is 5.51. The Balaban J connectivity index is 1.42. The summed E-state index contributed by atoms with van der Waals surface area (Å²) in [6, 6.07) is 0.714. The van der Waals surface area contributed by atoms with Gasteiger partial charge in [-0.15, -0.1) is 0 Å². The minimum atomic E-state index is 0.373. The maximum atomic E-state index is 11.6. The summed E-state index contributed by atoms with van der Waals surface area (Å²) in [4.78, 5) is 26.7. The van der Waals surface area contributed by atoms with E-state index in [1.807, 2.05) is 11.8 Å². The highest BCUT2D eigenvalue weighted by Gasteiger charge is 2.55. The van der Waals surface area contributed by atoms with Crippen LogP contribution in [0.3, 0.4) is 0 Å². The van der Waals surface area contributed by atoms with Crippen LogP contribution in [0, 0.1) is 11.3 Å². The van der Waals surface area contributed by atoms with Gasteiger partial charge in [0.1, 0.15) is 5.78 Å². The highest BCUT2D eigenvalue weighted by atomic mass is 16.1. The molecule has 4 heteroatoms. The number of piperazine rings is 1. The Morgan fingerprint density at radius 3 is 2.32 bits per heavy atom. The van der Waals surface area contributed by atoms with Crippen LogP contribution in [0.2, 0.25) is 0 Å². The Labute approximate surface area is 115 Å². The molecule has 0 aromatic carbocycles. The molecule has 2 saturated carbocycles. The standard InChI is InChI=1S/C15H24N2O2/c1-2-14(19)12-7-15(8-12)9-13(10-15)17-5-3-16(11-18)4-6-17/h11-13H,2-10H2,1H3. The van der Waals surface area contributed by atoms with Crippen LogP contribution in [-0.4, -0.2) is 54.2 Å². The molecule has 3 rings (SSSR count). The lowest BCUT2D eigenvalue weighted by molar-refractivity contribution is -0.142. The van der Waals surface area contributed by atoms with Gasteiger partial charge in [-0.1, -0.05) is 6.92 Å². The minimum Gasteiger partial charge on any atom is -0.343 e. The molecule has 3 fully saturated rings. The molecule has 0 bridgehead atoms. The Hall–Kier alpha value is -0.900. The molecule has 3 aliphatic rings. The number of amides is 1. The first-order chi connectivity index (χ1) is 9.15. The fraction of sp³-hybridized carbons (Fsp3) is 0.867. The second-order valence-electron chi connectivity index (χ2n) is 6.66. The predicted octanol–water partition coefficient (Wildman–Crippen LogP) is 1.30. The normalized spacial score (nSPS) is 38.7. The molecule has 0 unspecified atom stereocenters. The molecule has 19 heavy (non-hydrogen) atoms. The molecule has 0 atom stereocenters. The van der Waals surface area contributed by atoms with E-state index in [2.05, 4.69) is 4.90 Å². The largest absolute Gasteiger partial charge is 0.343 e. The SMILES string of the molecule is CCC(=O)C1CC2(C1)CC(N1CCN(C=O)CC1)C2. The number of rotatable bonds is 4. The smallest absolute Gasteiger partial charge is 0.209 e. The summed E-state index contributed by atoms with van der Waals surface area (Å²) in [6.07, 6.45) is 6.52. The molecular weight excluding hydrogens is 240 g/mol. The molecule has 0 aromatic heterocycles. The average Bonchev–Trinajstić information content (AvgIpc) is 2.35. The van der Waals surface area contributed by atoms with Crippen molar-refractivity contribution in [1.82, 2.24) is 9.80 Å². The van der Waals surface area contributed by atoms with Crippen LogP contribution in [0.25, 0.3) is 0 Å². The lowest BCUT2D eigenvalue weighted by atomic mass is 9.49. The summed E-state index contributed by atoms with van der Waals surface area (Å²) in [5.74, 6) is 0.839. The Bertz CT molecular complexity index is 360. The third kappa shape index (κ3) is 2.31. The van der Waals surface area contributed by atoms with E-state index in [1.165, 1.54) is 12.8 Å². The molecule has 0 aromatic rings. The van der Waals surface area contributed by atoms with Gasteiger partial charge in [-0.05, 0) is 31.1 Å². The first kappa shape index (κ1) is 13.1. The molecule has 1 spiro atoms. The molecule has 1 aliphatic heterocycles. The van der Waals surface area contributed by atoms with Crippen molar-refractivity contribution >= 4 is 12.2 Å². The third-order valence-electron chi connectivity index (χ3n) is 5.51. The van der Waals surface area contributed by atoms with Crippen LogP contribution in [-0.2, 0) is 9.59 Å². The van der Waals surface area contributed by atoms with E-state index >= 15 is 0 Å². The van der Waals surface area contributed by atoms with Crippen LogP contribution in [0.1, 0.15) is 39.0 Å². The van der Waals surface area contributed by atoms with Crippen LogP contribution in [0.5, 0.6) is 0 Å². The Kier molecular flexibility index (Phi) is 3.37. The second-order valence-corrected chi connectivity index (χ2v) is 6.66. The maximum absolute atomic E-state index is 11.6. The summed E-state index contributed by atoms with van der Waals surface area (Å²) in [5, 5.41) is 0. The van der Waals surface area contributed by atoms with Gasteiger partial charge in [0.15, 0.2) is 0 Å². The van der Waals surface area contributed by atoms with Gasteiger partial charge < -0.3 is 4.90 Å². The fourth-order valence-electron chi connectivity index (χ4n) is 4.24. The zero-order chi connectivity index (χ0) is 13.5. The number of ketones is 1. The summed E-state index contributed by atoms with van der Waals surface area (Å²) in [5.41, 5.74) is 0.516. The van der Waals surface area contributed by atoms with Gasteiger partial charge >= 0.3 is 0 Å². The number of nitrogens with zero attached hydrogens (tertiary/aromatic N) is 2. The van der Waals surface area contributed by atoms with Crippen molar-refractivity contribution in [3.63, 3.8) is 0 Å².